The van der Waals surface area contributed by atoms with E-state index in [0.717, 1.165) is 30.2 Å². The second-order valence-corrected chi connectivity index (χ2v) is 9.33. The molecule has 170 valence electrons. The van der Waals surface area contributed by atoms with Crippen molar-refractivity contribution in [3.05, 3.63) is 39.4 Å². The van der Waals surface area contributed by atoms with Crippen LogP contribution >= 0.6 is 15.9 Å². The van der Waals surface area contributed by atoms with Crippen molar-refractivity contribution < 1.29 is 14.3 Å². The number of carbonyl (C=O) groups excluding carboxylic acids is 2. The highest BCUT2D eigenvalue weighted by Crippen LogP contribution is 2.15. The number of rotatable bonds is 9. The standard InChI is InChI=1S/C22H31BrN4O4/c1-5-6-7-8-11-24-19(28)18(26-21(30)31-22(2,3)4)13-27-14-25-17-10-9-15(23)12-16(17)20(27)29/h9-10,12,14,18H,5-8,11,13H2,1-4H3,(H,24,28)(H,26,30). The molecule has 1 aromatic carbocycles. The van der Waals surface area contributed by atoms with Crippen LogP contribution in [-0.4, -0.2) is 39.7 Å². The van der Waals surface area contributed by atoms with Crippen LogP contribution in [0, 0.1) is 0 Å². The number of nitrogens with one attached hydrogen (secondary N) is 2. The second-order valence-electron chi connectivity index (χ2n) is 8.41. The Morgan fingerprint density at radius 2 is 1.97 bits per heavy atom. The molecule has 2 N–H and O–H groups in total. The average Bonchev–Trinajstić information content (AvgIpc) is 2.68. The molecule has 0 aliphatic rings. The molecule has 0 spiro atoms. The fourth-order valence-corrected chi connectivity index (χ4v) is 3.35. The fraction of sp³-hybridized carbons (Fsp3) is 0.545. The predicted octanol–water partition coefficient (Wildman–Crippen LogP) is 3.75. The third-order valence-corrected chi connectivity index (χ3v) is 5.00. The van der Waals surface area contributed by atoms with Crippen molar-refractivity contribution in [2.75, 3.05) is 6.54 Å². The lowest BCUT2D eigenvalue weighted by Crippen LogP contribution is -2.51. The molecule has 0 bridgehead atoms. The maximum absolute atomic E-state index is 12.9. The van der Waals surface area contributed by atoms with Gasteiger partial charge in [-0.05, 0) is 45.4 Å². The predicted molar refractivity (Wildman–Crippen MR) is 124 cm³/mol. The summed E-state index contributed by atoms with van der Waals surface area (Å²) in [5.74, 6) is -0.372. The highest BCUT2D eigenvalue weighted by atomic mass is 79.9. The number of alkyl carbamates (subject to hydrolysis) is 1. The van der Waals surface area contributed by atoms with Crippen LogP contribution in [0.3, 0.4) is 0 Å². The van der Waals surface area contributed by atoms with Gasteiger partial charge in [0, 0.05) is 11.0 Å². The van der Waals surface area contributed by atoms with E-state index in [-0.39, 0.29) is 18.0 Å². The SMILES string of the molecule is CCCCCCNC(=O)C(Cn1cnc2ccc(Br)cc2c1=O)NC(=O)OC(C)(C)C. The van der Waals surface area contributed by atoms with E-state index in [0.29, 0.717) is 17.4 Å². The molecule has 8 nitrogen and oxygen atoms in total. The van der Waals surface area contributed by atoms with Crippen molar-refractivity contribution in [3.8, 4) is 0 Å². The highest BCUT2D eigenvalue weighted by Gasteiger charge is 2.25. The van der Waals surface area contributed by atoms with Gasteiger partial charge in [-0.1, -0.05) is 42.1 Å². The molecule has 0 aliphatic heterocycles. The largest absolute Gasteiger partial charge is 0.444 e. The molecule has 0 saturated heterocycles. The molecule has 0 saturated carbocycles. The Labute approximate surface area is 190 Å². The van der Waals surface area contributed by atoms with Crippen LogP contribution in [0.15, 0.2) is 33.8 Å². The minimum absolute atomic E-state index is 0.0612. The summed E-state index contributed by atoms with van der Waals surface area (Å²) in [7, 11) is 0. The molecule has 0 radical (unpaired) electrons. The van der Waals surface area contributed by atoms with Crippen LogP contribution in [0.1, 0.15) is 53.4 Å². The van der Waals surface area contributed by atoms with E-state index in [1.54, 1.807) is 39.0 Å². The summed E-state index contributed by atoms with van der Waals surface area (Å²) in [6.07, 6.45) is 4.74. The van der Waals surface area contributed by atoms with E-state index < -0.39 is 17.7 Å². The van der Waals surface area contributed by atoms with E-state index in [1.165, 1.54) is 10.9 Å². The van der Waals surface area contributed by atoms with Gasteiger partial charge in [-0.15, -0.1) is 0 Å². The summed E-state index contributed by atoms with van der Waals surface area (Å²) in [5, 5.41) is 5.86. The minimum atomic E-state index is -0.981. The van der Waals surface area contributed by atoms with Gasteiger partial charge in [0.2, 0.25) is 5.91 Å². The van der Waals surface area contributed by atoms with Gasteiger partial charge in [-0.3, -0.25) is 14.2 Å². The lowest BCUT2D eigenvalue weighted by atomic mass is 10.2. The van der Waals surface area contributed by atoms with E-state index in [9.17, 15) is 14.4 Å². The van der Waals surface area contributed by atoms with Gasteiger partial charge < -0.3 is 15.4 Å². The molecule has 0 fully saturated rings. The van der Waals surface area contributed by atoms with Crippen molar-refractivity contribution in [3.63, 3.8) is 0 Å². The molecule has 1 aromatic heterocycles. The first-order chi connectivity index (χ1) is 14.6. The Morgan fingerprint density at radius 3 is 2.65 bits per heavy atom. The van der Waals surface area contributed by atoms with Crippen LogP contribution in [0.5, 0.6) is 0 Å². The lowest BCUT2D eigenvalue weighted by Gasteiger charge is -2.23. The van der Waals surface area contributed by atoms with Crippen LogP contribution in [0.2, 0.25) is 0 Å². The van der Waals surface area contributed by atoms with Gasteiger partial charge in [0.25, 0.3) is 5.56 Å². The maximum Gasteiger partial charge on any atom is 0.408 e. The quantitative estimate of drug-likeness (QED) is 0.516. The lowest BCUT2D eigenvalue weighted by molar-refractivity contribution is -0.123. The Kier molecular flexibility index (Phi) is 9.03. The smallest absolute Gasteiger partial charge is 0.408 e. The summed E-state index contributed by atoms with van der Waals surface area (Å²) in [6.45, 7) is 7.78. The van der Waals surface area contributed by atoms with Crippen molar-refractivity contribution >= 4 is 38.8 Å². The minimum Gasteiger partial charge on any atom is -0.444 e. The van der Waals surface area contributed by atoms with Crippen LogP contribution < -0.4 is 16.2 Å². The number of benzene rings is 1. The highest BCUT2D eigenvalue weighted by molar-refractivity contribution is 9.10. The Balaban J connectivity index is 2.20. The van der Waals surface area contributed by atoms with Crippen LogP contribution in [0.4, 0.5) is 4.79 Å². The van der Waals surface area contributed by atoms with E-state index in [4.69, 9.17) is 4.74 Å². The number of hydrogen-bond donors (Lipinski definition) is 2. The third kappa shape index (κ3) is 7.97. The first kappa shape index (κ1) is 24.8. The Hall–Kier alpha value is -2.42. The van der Waals surface area contributed by atoms with Gasteiger partial charge in [0.05, 0.1) is 23.8 Å². The average molecular weight is 495 g/mol. The zero-order valence-electron chi connectivity index (χ0n) is 18.5. The van der Waals surface area contributed by atoms with Crippen LogP contribution in [-0.2, 0) is 16.1 Å². The maximum atomic E-state index is 12.9. The van der Waals surface area contributed by atoms with Crippen molar-refractivity contribution in [1.29, 1.82) is 0 Å². The van der Waals surface area contributed by atoms with Gasteiger partial charge in [0.15, 0.2) is 0 Å². The summed E-state index contributed by atoms with van der Waals surface area (Å²) in [5.41, 5.74) is -0.446. The summed E-state index contributed by atoms with van der Waals surface area (Å²) in [6, 6.07) is 4.25. The zero-order chi connectivity index (χ0) is 23.0. The van der Waals surface area contributed by atoms with Crippen molar-refractivity contribution in [2.45, 2.75) is 71.6 Å². The number of unbranched alkanes of at least 4 members (excludes halogenated alkanes) is 3. The molecule has 1 unspecified atom stereocenters. The fourth-order valence-electron chi connectivity index (χ4n) is 2.99. The van der Waals surface area contributed by atoms with Gasteiger partial charge in [-0.25, -0.2) is 9.78 Å². The number of carbonyl (C=O) groups is 2. The molecule has 2 aromatic rings. The number of amides is 2. The monoisotopic (exact) mass is 494 g/mol. The molecule has 1 heterocycles. The number of fused-ring (bicyclic) bond motifs is 1. The molecule has 1 atom stereocenters. The molecule has 9 heteroatoms. The molecular formula is C22H31BrN4O4. The Bertz CT molecular complexity index is 968. The van der Waals surface area contributed by atoms with E-state index in [2.05, 4.69) is 38.5 Å². The summed E-state index contributed by atoms with van der Waals surface area (Å²) < 4.78 is 7.37. The number of hydrogen-bond acceptors (Lipinski definition) is 5. The van der Waals surface area contributed by atoms with Crippen molar-refractivity contribution in [2.24, 2.45) is 0 Å². The van der Waals surface area contributed by atoms with E-state index >= 15 is 0 Å². The van der Waals surface area contributed by atoms with Gasteiger partial charge in [-0.2, -0.15) is 0 Å². The molecule has 2 amide bonds. The van der Waals surface area contributed by atoms with Crippen molar-refractivity contribution in [1.82, 2.24) is 20.2 Å². The summed E-state index contributed by atoms with van der Waals surface area (Å²) >= 11 is 3.36. The number of aromatic nitrogens is 2. The first-order valence-electron chi connectivity index (χ1n) is 10.5. The summed E-state index contributed by atoms with van der Waals surface area (Å²) in [4.78, 5) is 42.3. The normalized spacial score (nSPS) is 12.4. The number of nitrogens with zero attached hydrogens (tertiary/aromatic N) is 2. The molecule has 31 heavy (non-hydrogen) atoms. The second kappa shape index (κ2) is 11.3. The van der Waals surface area contributed by atoms with Gasteiger partial charge in [0.1, 0.15) is 11.6 Å². The van der Waals surface area contributed by atoms with Crippen LogP contribution in [0.25, 0.3) is 10.9 Å². The number of halogens is 1. The third-order valence-electron chi connectivity index (χ3n) is 4.50. The molecular weight excluding hydrogens is 464 g/mol. The number of ether oxygens (including phenoxy) is 1. The Morgan fingerprint density at radius 1 is 1.23 bits per heavy atom. The topological polar surface area (TPSA) is 102 Å². The van der Waals surface area contributed by atoms with Gasteiger partial charge >= 0.3 is 6.09 Å². The zero-order valence-corrected chi connectivity index (χ0v) is 20.1. The molecule has 2 rings (SSSR count). The van der Waals surface area contributed by atoms with E-state index in [1.807, 2.05) is 0 Å². The first-order valence-corrected chi connectivity index (χ1v) is 11.3. The molecule has 0 aliphatic carbocycles.